The van der Waals surface area contributed by atoms with Gasteiger partial charge in [0.05, 0.1) is 0 Å². The Balaban J connectivity index is 0.000000201. The van der Waals surface area contributed by atoms with Crippen LogP contribution in [0.4, 0.5) is 22.7 Å². The zero-order chi connectivity index (χ0) is 26.9. The van der Waals surface area contributed by atoms with Gasteiger partial charge in [-0.05, 0) is 159 Å². The van der Waals surface area contributed by atoms with E-state index in [9.17, 15) is 0 Å². The molecule has 0 fully saturated rings. The van der Waals surface area contributed by atoms with Crippen molar-refractivity contribution in [3.8, 4) is 22.3 Å². The average Bonchev–Trinajstić information content (AvgIpc) is 2.84. The van der Waals surface area contributed by atoms with Crippen molar-refractivity contribution in [1.82, 2.24) is 0 Å². The standard InChI is InChI=1S/2C16H20N2/c1-9-5-13(6-10(2)15(9)17)14-7-11(3)16(18)12(4)8-14;1-9-11(3)16(18)12(4)10(2)15(9)13-5-7-14(17)8-6-13/h2*5-8H,17-18H2,1-4H3. The van der Waals surface area contributed by atoms with Crippen LogP contribution in [-0.4, -0.2) is 0 Å². The van der Waals surface area contributed by atoms with Gasteiger partial charge in [-0.3, -0.25) is 0 Å². The van der Waals surface area contributed by atoms with Gasteiger partial charge in [-0.15, -0.1) is 0 Å². The quantitative estimate of drug-likeness (QED) is 0.223. The molecule has 0 atom stereocenters. The van der Waals surface area contributed by atoms with Gasteiger partial charge in [0.2, 0.25) is 0 Å². The summed E-state index contributed by atoms with van der Waals surface area (Å²) in [5, 5.41) is 0. The molecule has 0 aromatic heterocycles. The van der Waals surface area contributed by atoms with Crippen LogP contribution in [-0.2, 0) is 0 Å². The molecule has 188 valence electrons. The lowest BCUT2D eigenvalue weighted by Gasteiger charge is -2.18. The molecule has 0 unspecified atom stereocenters. The Hall–Kier alpha value is -3.92. The molecule has 4 heteroatoms. The minimum absolute atomic E-state index is 0.790. The average molecular weight is 481 g/mol. The van der Waals surface area contributed by atoms with Crippen molar-refractivity contribution < 1.29 is 0 Å². The smallest absolute Gasteiger partial charge is 0.0379 e. The zero-order valence-corrected chi connectivity index (χ0v) is 22.9. The molecule has 0 heterocycles. The van der Waals surface area contributed by atoms with Crippen molar-refractivity contribution in [3.63, 3.8) is 0 Å². The number of rotatable bonds is 2. The van der Waals surface area contributed by atoms with Gasteiger partial charge in [0.25, 0.3) is 0 Å². The van der Waals surface area contributed by atoms with Gasteiger partial charge < -0.3 is 22.9 Å². The van der Waals surface area contributed by atoms with E-state index >= 15 is 0 Å². The van der Waals surface area contributed by atoms with Gasteiger partial charge in [0.15, 0.2) is 0 Å². The summed E-state index contributed by atoms with van der Waals surface area (Å²) in [5.41, 5.74) is 41.5. The van der Waals surface area contributed by atoms with Gasteiger partial charge in [-0.25, -0.2) is 0 Å². The third kappa shape index (κ3) is 5.18. The summed E-state index contributed by atoms with van der Waals surface area (Å²) < 4.78 is 0. The van der Waals surface area contributed by atoms with Gasteiger partial charge in [-0.2, -0.15) is 0 Å². The minimum atomic E-state index is 0.790. The van der Waals surface area contributed by atoms with Crippen LogP contribution in [0, 0.1) is 55.4 Å². The molecular weight excluding hydrogens is 440 g/mol. The fourth-order valence-electron chi connectivity index (χ4n) is 4.71. The summed E-state index contributed by atoms with van der Waals surface area (Å²) in [4.78, 5) is 0. The number of hydrogen-bond acceptors (Lipinski definition) is 4. The Morgan fingerprint density at radius 3 is 1.06 bits per heavy atom. The number of hydrogen-bond donors (Lipinski definition) is 4. The second-order valence-corrected chi connectivity index (χ2v) is 9.96. The van der Waals surface area contributed by atoms with Crippen LogP contribution in [0.3, 0.4) is 0 Å². The molecule has 0 radical (unpaired) electrons. The maximum atomic E-state index is 6.13. The SMILES string of the molecule is Cc1c(C)c(-c2ccc(N)cc2)c(C)c(C)c1N.Cc1cc(-c2cc(C)c(N)c(C)c2)cc(C)c1N. The van der Waals surface area contributed by atoms with Crippen LogP contribution in [0.2, 0.25) is 0 Å². The third-order valence-corrected chi connectivity index (χ3v) is 7.40. The Kier molecular flexibility index (Phi) is 7.68. The second-order valence-electron chi connectivity index (χ2n) is 9.96. The van der Waals surface area contributed by atoms with E-state index in [2.05, 4.69) is 64.1 Å². The molecule has 0 saturated heterocycles. The molecule has 36 heavy (non-hydrogen) atoms. The highest BCUT2D eigenvalue weighted by Gasteiger charge is 2.14. The number of anilines is 4. The van der Waals surface area contributed by atoms with Crippen LogP contribution >= 0.6 is 0 Å². The normalized spacial score (nSPS) is 10.7. The fraction of sp³-hybridized carbons (Fsp3) is 0.250. The fourth-order valence-corrected chi connectivity index (χ4v) is 4.71. The first-order valence-electron chi connectivity index (χ1n) is 12.3. The van der Waals surface area contributed by atoms with E-state index in [4.69, 9.17) is 22.9 Å². The van der Waals surface area contributed by atoms with Crippen molar-refractivity contribution in [2.75, 3.05) is 22.9 Å². The molecule has 4 rings (SSSR count). The molecule has 0 saturated carbocycles. The molecule has 4 aromatic carbocycles. The first-order valence-corrected chi connectivity index (χ1v) is 12.3. The summed E-state index contributed by atoms with van der Waals surface area (Å²) in [7, 11) is 0. The van der Waals surface area contributed by atoms with E-state index in [0.717, 1.165) is 45.0 Å². The second kappa shape index (κ2) is 10.4. The lowest BCUT2D eigenvalue weighted by molar-refractivity contribution is 1.25. The van der Waals surface area contributed by atoms with Crippen molar-refractivity contribution >= 4 is 22.7 Å². The molecule has 0 bridgehead atoms. The highest BCUT2D eigenvalue weighted by atomic mass is 14.6. The van der Waals surface area contributed by atoms with Gasteiger partial charge in [0, 0.05) is 22.7 Å². The molecule has 0 spiro atoms. The van der Waals surface area contributed by atoms with Crippen molar-refractivity contribution in [1.29, 1.82) is 0 Å². The zero-order valence-electron chi connectivity index (χ0n) is 22.9. The van der Waals surface area contributed by atoms with Gasteiger partial charge >= 0.3 is 0 Å². The van der Waals surface area contributed by atoms with E-state index in [1.807, 2.05) is 39.8 Å². The predicted octanol–water partition coefficient (Wildman–Crippen LogP) is 7.50. The topological polar surface area (TPSA) is 104 Å². The van der Waals surface area contributed by atoms with Crippen LogP contribution in [0.1, 0.15) is 44.5 Å². The summed E-state index contributed by atoms with van der Waals surface area (Å²) in [5.74, 6) is 0. The highest BCUT2D eigenvalue weighted by Crippen LogP contribution is 2.35. The number of nitrogens with two attached hydrogens (primary N) is 4. The van der Waals surface area contributed by atoms with Crippen molar-refractivity contribution in [3.05, 3.63) is 93.0 Å². The van der Waals surface area contributed by atoms with E-state index in [1.54, 1.807) is 0 Å². The molecule has 8 N–H and O–H groups in total. The Morgan fingerprint density at radius 1 is 0.389 bits per heavy atom. The summed E-state index contributed by atoms with van der Waals surface area (Å²) >= 11 is 0. The number of aryl methyl sites for hydroxylation is 4. The molecule has 4 nitrogen and oxygen atoms in total. The monoisotopic (exact) mass is 480 g/mol. The number of nitrogen functional groups attached to an aromatic ring is 4. The van der Waals surface area contributed by atoms with Crippen molar-refractivity contribution in [2.24, 2.45) is 0 Å². The molecule has 0 aliphatic carbocycles. The molecule has 4 aromatic rings. The first-order chi connectivity index (χ1) is 16.8. The van der Waals surface area contributed by atoms with Crippen LogP contribution in [0.15, 0.2) is 48.5 Å². The van der Waals surface area contributed by atoms with Crippen LogP contribution in [0.5, 0.6) is 0 Å². The minimum Gasteiger partial charge on any atom is -0.399 e. The molecule has 0 aliphatic heterocycles. The molecule has 0 aliphatic rings. The Labute approximate surface area is 216 Å². The van der Waals surface area contributed by atoms with Gasteiger partial charge in [-0.1, -0.05) is 12.1 Å². The van der Waals surface area contributed by atoms with Crippen LogP contribution in [0.25, 0.3) is 22.3 Å². The summed E-state index contributed by atoms with van der Waals surface area (Å²) in [6.07, 6.45) is 0. The Morgan fingerprint density at radius 2 is 0.722 bits per heavy atom. The van der Waals surface area contributed by atoms with E-state index in [0.29, 0.717) is 0 Å². The maximum Gasteiger partial charge on any atom is 0.0379 e. The highest BCUT2D eigenvalue weighted by molar-refractivity contribution is 5.79. The summed E-state index contributed by atoms with van der Waals surface area (Å²) in [6.45, 7) is 16.6. The van der Waals surface area contributed by atoms with E-state index < -0.39 is 0 Å². The first kappa shape index (κ1) is 26.7. The van der Waals surface area contributed by atoms with E-state index in [1.165, 1.54) is 44.5 Å². The molecule has 0 amide bonds. The summed E-state index contributed by atoms with van der Waals surface area (Å²) in [6, 6.07) is 16.5. The van der Waals surface area contributed by atoms with Crippen molar-refractivity contribution in [2.45, 2.75) is 55.4 Å². The van der Waals surface area contributed by atoms with Crippen LogP contribution < -0.4 is 22.9 Å². The van der Waals surface area contributed by atoms with E-state index in [-0.39, 0.29) is 0 Å². The number of benzene rings is 4. The van der Waals surface area contributed by atoms with Gasteiger partial charge in [0.1, 0.15) is 0 Å². The lowest BCUT2D eigenvalue weighted by Crippen LogP contribution is -2.02. The largest absolute Gasteiger partial charge is 0.399 e. The molecular formula is C32H40N4. The predicted molar refractivity (Wildman–Crippen MR) is 159 cm³/mol. The lowest BCUT2D eigenvalue weighted by atomic mass is 9.88. The Bertz CT molecular complexity index is 1300. The third-order valence-electron chi connectivity index (χ3n) is 7.40. The maximum absolute atomic E-state index is 6.13.